The molecule has 0 amide bonds. The number of benzene rings is 1. The molecule has 0 radical (unpaired) electrons. The molecule has 1 aliphatic rings. The number of rotatable bonds is 11. The van der Waals surface area contributed by atoms with Gasteiger partial charge in [0.2, 0.25) is 0 Å². The average molecular weight is 329 g/mol. The molecule has 1 saturated carbocycles. The molecule has 1 nitrogen and oxygen atoms in total. The zero-order chi connectivity index (χ0) is 17.0. The number of aryl methyl sites for hydroxylation is 1. The van der Waals surface area contributed by atoms with Gasteiger partial charge in [-0.3, -0.25) is 4.79 Å². The summed E-state index contributed by atoms with van der Waals surface area (Å²) in [5.41, 5.74) is 1.48. The number of hydrogen-bond donors (Lipinski definition) is 0. The van der Waals surface area contributed by atoms with Crippen LogP contribution in [0.1, 0.15) is 89.5 Å². The third kappa shape index (κ3) is 7.20. The van der Waals surface area contributed by atoms with Crippen LogP contribution in [0.25, 0.3) is 0 Å². The van der Waals surface area contributed by atoms with Crippen LogP contribution < -0.4 is 0 Å². The zero-order valence-corrected chi connectivity index (χ0v) is 15.6. The van der Waals surface area contributed by atoms with Crippen LogP contribution in [-0.4, -0.2) is 5.78 Å². The smallest absolute Gasteiger partial charge is 0.135 e. The van der Waals surface area contributed by atoms with Crippen LogP contribution in [0.15, 0.2) is 30.3 Å². The molecule has 1 fully saturated rings. The lowest BCUT2D eigenvalue weighted by atomic mass is 9.77. The van der Waals surface area contributed by atoms with Crippen molar-refractivity contribution >= 4 is 5.78 Å². The van der Waals surface area contributed by atoms with E-state index in [4.69, 9.17) is 0 Å². The molecule has 0 unspecified atom stereocenters. The summed E-state index contributed by atoms with van der Waals surface area (Å²) in [5.74, 6) is 1.81. The van der Waals surface area contributed by atoms with E-state index in [1.54, 1.807) is 0 Å². The van der Waals surface area contributed by atoms with Crippen LogP contribution in [-0.2, 0) is 11.2 Å². The molecule has 1 heteroatoms. The minimum atomic E-state index is 0.399. The van der Waals surface area contributed by atoms with E-state index in [-0.39, 0.29) is 0 Å². The molecular weight excluding hydrogens is 292 g/mol. The fourth-order valence-corrected chi connectivity index (χ4v) is 4.18. The van der Waals surface area contributed by atoms with Crippen molar-refractivity contribution in [1.29, 1.82) is 0 Å². The first-order valence-corrected chi connectivity index (χ1v) is 10.4. The van der Waals surface area contributed by atoms with E-state index in [0.29, 0.717) is 11.7 Å². The molecule has 0 aromatic heterocycles. The maximum Gasteiger partial charge on any atom is 0.135 e. The van der Waals surface area contributed by atoms with Gasteiger partial charge < -0.3 is 0 Å². The Morgan fingerprint density at radius 3 is 2.17 bits per heavy atom. The Kier molecular flexibility index (Phi) is 9.16. The summed E-state index contributed by atoms with van der Waals surface area (Å²) in [7, 11) is 0. The van der Waals surface area contributed by atoms with Crippen molar-refractivity contribution in [2.24, 2.45) is 11.8 Å². The lowest BCUT2D eigenvalue weighted by molar-refractivity contribution is -0.123. The third-order valence-electron chi connectivity index (χ3n) is 5.82. The molecule has 0 N–H and O–H groups in total. The molecule has 1 aromatic carbocycles. The predicted octanol–water partition coefficient (Wildman–Crippen LogP) is 6.75. The molecule has 0 heterocycles. The summed E-state index contributed by atoms with van der Waals surface area (Å²) in [4.78, 5) is 11.7. The lowest BCUT2D eigenvalue weighted by Gasteiger charge is -2.27. The molecular formula is C23H36O. The molecule has 24 heavy (non-hydrogen) atoms. The van der Waals surface area contributed by atoms with Crippen molar-refractivity contribution in [3.63, 3.8) is 0 Å². The number of unbranched alkanes of at least 4 members (excludes halogenated alkanes) is 5. The Labute approximate surface area is 149 Å². The van der Waals surface area contributed by atoms with Gasteiger partial charge in [-0.2, -0.15) is 0 Å². The summed E-state index contributed by atoms with van der Waals surface area (Å²) in [6.45, 7) is 2.01. The van der Waals surface area contributed by atoms with E-state index in [1.165, 1.54) is 69.8 Å². The van der Waals surface area contributed by atoms with Crippen molar-refractivity contribution in [3.8, 4) is 0 Å². The Morgan fingerprint density at radius 2 is 1.50 bits per heavy atom. The average Bonchev–Trinajstić information content (AvgIpc) is 2.64. The van der Waals surface area contributed by atoms with Crippen LogP contribution in [0.2, 0.25) is 0 Å². The zero-order valence-electron chi connectivity index (χ0n) is 15.6. The van der Waals surface area contributed by atoms with Gasteiger partial charge in [-0.15, -0.1) is 0 Å². The van der Waals surface area contributed by atoms with Crippen LogP contribution in [0, 0.1) is 11.8 Å². The maximum absolute atomic E-state index is 11.7. The molecule has 1 aromatic rings. The number of Topliss-reactive ketones (excluding diaryl/α,β-unsaturated/α-hetero) is 1. The molecule has 0 saturated heterocycles. The SMILES string of the molecule is CCC(=O)C1CCC(CCCCCCCCc2ccccc2)CC1. The lowest BCUT2D eigenvalue weighted by Crippen LogP contribution is -2.21. The highest BCUT2D eigenvalue weighted by Crippen LogP contribution is 2.33. The molecule has 1 aliphatic carbocycles. The molecule has 2 rings (SSSR count). The minimum Gasteiger partial charge on any atom is -0.299 e. The highest BCUT2D eigenvalue weighted by molar-refractivity contribution is 5.80. The van der Waals surface area contributed by atoms with E-state index < -0.39 is 0 Å². The van der Waals surface area contributed by atoms with Crippen molar-refractivity contribution in [2.45, 2.75) is 90.4 Å². The number of hydrogen-bond acceptors (Lipinski definition) is 1. The Hall–Kier alpha value is -1.11. The standard InChI is InChI=1S/C23H36O/c1-2-23(24)22-18-16-21(17-19-22)15-9-6-4-3-5-8-12-20-13-10-7-11-14-20/h7,10-11,13-14,21-22H,2-6,8-9,12,15-19H2,1H3. The van der Waals surface area contributed by atoms with E-state index >= 15 is 0 Å². The second kappa shape index (κ2) is 11.4. The largest absolute Gasteiger partial charge is 0.299 e. The minimum absolute atomic E-state index is 0.399. The van der Waals surface area contributed by atoms with Gasteiger partial charge in [-0.05, 0) is 50.0 Å². The van der Waals surface area contributed by atoms with Crippen molar-refractivity contribution in [1.82, 2.24) is 0 Å². The van der Waals surface area contributed by atoms with Crippen molar-refractivity contribution in [3.05, 3.63) is 35.9 Å². The molecule has 0 bridgehead atoms. The van der Waals surface area contributed by atoms with Gasteiger partial charge in [0.25, 0.3) is 0 Å². The molecule has 0 aliphatic heterocycles. The van der Waals surface area contributed by atoms with Gasteiger partial charge in [0.05, 0.1) is 0 Å². The Balaban J connectivity index is 1.41. The fraction of sp³-hybridized carbons (Fsp3) is 0.696. The highest BCUT2D eigenvalue weighted by Gasteiger charge is 2.24. The quantitative estimate of drug-likeness (QED) is 0.411. The van der Waals surface area contributed by atoms with Crippen LogP contribution >= 0.6 is 0 Å². The van der Waals surface area contributed by atoms with Gasteiger partial charge in [-0.1, -0.05) is 75.8 Å². The predicted molar refractivity (Wildman–Crippen MR) is 103 cm³/mol. The first kappa shape index (κ1) is 19.2. The van der Waals surface area contributed by atoms with Gasteiger partial charge in [0.15, 0.2) is 0 Å². The van der Waals surface area contributed by atoms with E-state index in [9.17, 15) is 4.79 Å². The molecule has 134 valence electrons. The summed E-state index contributed by atoms with van der Waals surface area (Å²) in [6.07, 6.45) is 16.6. The fourth-order valence-electron chi connectivity index (χ4n) is 4.18. The Morgan fingerprint density at radius 1 is 0.875 bits per heavy atom. The number of carbonyl (C=O) groups is 1. The monoisotopic (exact) mass is 328 g/mol. The van der Waals surface area contributed by atoms with E-state index in [2.05, 4.69) is 30.3 Å². The highest BCUT2D eigenvalue weighted by atomic mass is 16.1. The maximum atomic E-state index is 11.7. The normalized spacial score (nSPS) is 20.9. The van der Waals surface area contributed by atoms with Crippen LogP contribution in [0.5, 0.6) is 0 Å². The second-order valence-electron chi connectivity index (χ2n) is 7.68. The Bertz CT molecular complexity index is 442. The van der Waals surface area contributed by atoms with Gasteiger partial charge >= 0.3 is 0 Å². The van der Waals surface area contributed by atoms with Crippen molar-refractivity contribution < 1.29 is 4.79 Å². The van der Waals surface area contributed by atoms with E-state index in [0.717, 1.165) is 25.2 Å². The summed E-state index contributed by atoms with van der Waals surface area (Å²) < 4.78 is 0. The summed E-state index contributed by atoms with van der Waals surface area (Å²) in [5, 5.41) is 0. The van der Waals surface area contributed by atoms with Gasteiger partial charge in [-0.25, -0.2) is 0 Å². The van der Waals surface area contributed by atoms with Crippen molar-refractivity contribution in [2.75, 3.05) is 0 Å². The second-order valence-corrected chi connectivity index (χ2v) is 7.68. The van der Waals surface area contributed by atoms with Crippen LogP contribution in [0.4, 0.5) is 0 Å². The summed E-state index contributed by atoms with van der Waals surface area (Å²) >= 11 is 0. The molecule has 0 atom stereocenters. The van der Waals surface area contributed by atoms with E-state index in [1.807, 2.05) is 6.92 Å². The van der Waals surface area contributed by atoms with Gasteiger partial charge in [0.1, 0.15) is 5.78 Å². The third-order valence-corrected chi connectivity index (χ3v) is 5.82. The first-order valence-electron chi connectivity index (χ1n) is 10.4. The first-order chi connectivity index (χ1) is 11.8. The summed E-state index contributed by atoms with van der Waals surface area (Å²) in [6, 6.07) is 10.9. The van der Waals surface area contributed by atoms with Gasteiger partial charge in [0, 0.05) is 12.3 Å². The number of ketones is 1. The van der Waals surface area contributed by atoms with Crippen LogP contribution in [0.3, 0.4) is 0 Å². The topological polar surface area (TPSA) is 17.1 Å². The number of carbonyl (C=O) groups excluding carboxylic acids is 1. The molecule has 0 spiro atoms.